The summed E-state index contributed by atoms with van der Waals surface area (Å²) in [5.74, 6) is 0.884. The topological polar surface area (TPSA) is 67.9 Å². The van der Waals surface area contributed by atoms with Crippen LogP contribution in [0, 0.1) is 5.92 Å². The number of piperidine rings is 1. The minimum absolute atomic E-state index is 0.0555. The molecule has 0 radical (unpaired) electrons. The van der Waals surface area contributed by atoms with Crippen LogP contribution in [0.25, 0.3) is 0 Å². The van der Waals surface area contributed by atoms with Gasteiger partial charge in [-0.3, -0.25) is 9.59 Å². The predicted octanol–water partition coefficient (Wildman–Crippen LogP) is 4.02. The average molecular weight is 455 g/mol. The summed E-state index contributed by atoms with van der Waals surface area (Å²) >= 11 is 3.42. The molecule has 0 bridgehead atoms. The number of likely N-dealkylation sites (tertiary alicyclic amines) is 1. The molecule has 1 aromatic rings. The van der Waals surface area contributed by atoms with Crippen LogP contribution >= 0.6 is 15.9 Å². The molecule has 7 heteroatoms. The van der Waals surface area contributed by atoms with Crippen LogP contribution in [0.4, 0.5) is 0 Å². The summed E-state index contributed by atoms with van der Waals surface area (Å²) in [7, 11) is 3.10. The van der Waals surface area contributed by atoms with E-state index in [1.54, 1.807) is 31.3 Å². The summed E-state index contributed by atoms with van der Waals surface area (Å²) in [5.41, 5.74) is 0.498. The number of benzene rings is 1. The van der Waals surface area contributed by atoms with E-state index in [0.29, 0.717) is 41.2 Å². The van der Waals surface area contributed by atoms with Crippen LogP contribution in [-0.2, 0) is 4.79 Å². The minimum atomic E-state index is -0.150. The Bertz CT molecular complexity index is 655. The molecule has 0 aliphatic carbocycles. The third kappa shape index (κ3) is 5.87. The van der Waals surface area contributed by atoms with Crippen LogP contribution in [0.15, 0.2) is 16.6 Å². The molecule has 1 aromatic carbocycles. The van der Waals surface area contributed by atoms with Gasteiger partial charge in [-0.1, -0.05) is 26.2 Å². The van der Waals surface area contributed by atoms with E-state index in [-0.39, 0.29) is 17.7 Å². The Labute approximate surface area is 176 Å². The van der Waals surface area contributed by atoms with Crippen LogP contribution in [0.1, 0.15) is 55.8 Å². The monoisotopic (exact) mass is 454 g/mol. The number of hydrogen-bond acceptors (Lipinski definition) is 4. The Hall–Kier alpha value is -1.76. The van der Waals surface area contributed by atoms with Crippen molar-refractivity contribution in [2.24, 2.45) is 5.92 Å². The highest BCUT2D eigenvalue weighted by Crippen LogP contribution is 2.36. The third-order valence-corrected chi connectivity index (χ3v) is 5.88. The molecule has 1 saturated heterocycles. The Morgan fingerprint density at radius 1 is 1.18 bits per heavy atom. The number of carbonyl (C=O) groups is 2. The molecule has 1 fully saturated rings. The first kappa shape index (κ1) is 22.5. The van der Waals surface area contributed by atoms with Crippen molar-refractivity contribution in [2.45, 2.75) is 45.4 Å². The molecule has 1 atom stereocenters. The highest BCUT2D eigenvalue weighted by atomic mass is 79.9. The summed E-state index contributed by atoms with van der Waals surface area (Å²) in [6.07, 6.45) is 6.16. The van der Waals surface area contributed by atoms with Gasteiger partial charge in [-0.2, -0.15) is 0 Å². The van der Waals surface area contributed by atoms with Gasteiger partial charge in [0, 0.05) is 25.2 Å². The second-order valence-corrected chi connectivity index (χ2v) is 7.93. The van der Waals surface area contributed by atoms with E-state index >= 15 is 0 Å². The zero-order chi connectivity index (χ0) is 20.5. The molecule has 6 nitrogen and oxygen atoms in total. The van der Waals surface area contributed by atoms with Crippen LogP contribution in [-0.4, -0.2) is 50.6 Å². The second kappa shape index (κ2) is 11.3. The maximum absolute atomic E-state index is 13.0. The van der Waals surface area contributed by atoms with Crippen molar-refractivity contribution in [3.63, 3.8) is 0 Å². The van der Waals surface area contributed by atoms with E-state index in [1.165, 1.54) is 12.8 Å². The quantitative estimate of drug-likeness (QED) is 0.572. The van der Waals surface area contributed by atoms with Crippen molar-refractivity contribution in [3.05, 3.63) is 22.2 Å². The third-order valence-electron chi connectivity index (χ3n) is 5.10. The Kier molecular flexibility index (Phi) is 9.09. The summed E-state index contributed by atoms with van der Waals surface area (Å²) in [4.78, 5) is 27.3. The van der Waals surface area contributed by atoms with Gasteiger partial charge in [-0.05, 0) is 47.3 Å². The lowest BCUT2D eigenvalue weighted by Crippen LogP contribution is -2.45. The van der Waals surface area contributed by atoms with E-state index < -0.39 is 0 Å². The van der Waals surface area contributed by atoms with E-state index in [2.05, 4.69) is 28.2 Å². The lowest BCUT2D eigenvalue weighted by atomic mass is 9.96. The molecule has 1 aliphatic rings. The average Bonchev–Trinajstić information content (AvgIpc) is 2.73. The van der Waals surface area contributed by atoms with Gasteiger partial charge in [0.05, 0.1) is 20.1 Å². The van der Waals surface area contributed by atoms with E-state index in [0.717, 1.165) is 25.7 Å². The first-order valence-corrected chi connectivity index (χ1v) is 10.8. The molecule has 28 heavy (non-hydrogen) atoms. The van der Waals surface area contributed by atoms with Crippen LogP contribution in [0.3, 0.4) is 0 Å². The molecular weight excluding hydrogens is 424 g/mol. The first-order chi connectivity index (χ1) is 13.5. The summed E-state index contributed by atoms with van der Waals surface area (Å²) < 4.78 is 11.3. The molecular formula is C21H31BrN2O4. The van der Waals surface area contributed by atoms with Gasteiger partial charge in [-0.15, -0.1) is 0 Å². The van der Waals surface area contributed by atoms with Gasteiger partial charge < -0.3 is 19.7 Å². The molecule has 0 aromatic heterocycles. The lowest BCUT2D eigenvalue weighted by molar-refractivity contribution is -0.126. The van der Waals surface area contributed by atoms with Crippen LogP contribution in [0.2, 0.25) is 0 Å². The van der Waals surface area contributed by atoms with E-state index in [1.807, 2.05) is 0 Å². The molecule has 1 heterocycles. The predicted molar refractivity (Wildman–Crippen MR) is 113 cm³/mol. The fraction of sp³-hybridized carbons (Fsp3) is 0.619. The lowest BCUT2D eigenvalue weighted by Gasteiger charge is -2.32. The summed E-state index contributed by atoms with van der Waals surface area (Å²) in [6, 6.07) is 3.40. The number of nitrogens with zero attached hydrogens (tertiary/aromatic N) is 1. The smallest absolute Gasteiger partial charge is 0.254 e. The van der Waals surface area contributed by atoms with Gasteiger partial charge in [0.1, 0.15) is 16.0 Å². The zero-order valence-corrected chi connectivity index (χ0v) is 18.6. The Morgan fingerprint density at radius 3 is 2.46 bits per heavy atom. The number of hydrogen-bond donors (Lipinski definition) is 1. The highest BCUT2D eigenvalue weighted by Gasteiger charge is 2.29. The minimum Gasteiger partial charge on any atom is -0.495 e. The number of carbonyl (C=O) groups excluding carboxylic acids is 2. The summed E-state index contributed by atoms with van der Waals surface area (Å²) in [5, 5.41) is 3.03. The number of amides is 2. The fourth-order valence-corrected chi connectivity index (χ4v) is 4.01. The number of unbranched alkanes of at least 4 members (excludes halogenated alkanes) is 3. The Morgan fingerprint density at radius 2 is 1.86 bits per heavy atom. The van der Waals surface area contributed by atoms with Crippen molar-refractivity contribution in [1.29, 1.82) is 0 Å². The van der Waals surface area contributed by atoms with Crippen molar-refractivity contribution in [2.75, 3.05) is 33.9 Å². The zero-order valence-electron chi connectivity index (χ0n) is 17.1. The molecule has 156 valence electrons. The number of nitrogens with one attached hydrogen (secondary N) is 1. The fourth-order valence-electron chi connectivity index (χ4n) is 3.46. The molecule has 2 rings (SSSR count). The van der Waals surface area contributed by atoms with Crippen molar-refractivity contribution in [3.8, 4) is 11.5 Å². The van der Waals surface area contributed by atoms with E-state index in [9.17, 15) is 9.59 Å². The number of ether oxygens (including phenoxy) is 2. The van der Waals surface area contributed by atoms with Crippen molar-refractivity contribution in [1.82, 2.24) is 10.2 Å². The highest BCUT2D eigenvalue weighted by molar-refractivity contribution is 9.10. The van der Waals surface area contributed by atoms with Crippen LogP contribution < -0.4 is 14.8 Å². The standard InChI is InChI=1S/C21H31BrN2O4/c1-4-5-6-7-10-23-20(25)15-9-8-11-24(14-15)21(26)16-12-17(27-2)19(22)18(13-16)28-3/h12-13,15H,4-11,14H2,1-3H3,(H,23,25). The first-order valence-electron chi connectivity index (χ1n) is 10.00. The molecule has 2 amide bonds. The molecule has 0 saturated carbocycles. The maximum Gasteiger partial charge on any atom is 0.254 e. The van der Waals surface area contributed by atoms with Gasteiger partial charge in [0.15, 0.2) is 0 Å². The SMILES string of the molecule is CCCCCCNC(=O)C1CCCN(C(=O)c2cc(OC)c(Br)c(OC)c2)C1. The maximum atomic E-state index is 13.0. The number of halogens is 1. The van der Waals surface area contributed by atoms with Gasteiger partial charge in [0.2, 0.25) is 5.91 Å². The summed E-state index contributed by atoms with van der Waals surface area (Å²) in [6.45, 7) is 3.98. The van der Waals surface area contributed by atoms with Gasteiger partial charge in [0.25, 0.3) is 5.91 Å². The second-order valence-electron chi connectivity index (χ2n) is 7.14. The van der Waals surface area contributed by atoms with Crippen molar-refractivity contribution >= 4 is 27.7 Å². The molecule has 0 spiro atoms. The number of methoxy groups -OCH3 is 2. The molecule has 1 aliphatic heterocycles. The van der Waals surface area contributed by atoms with Crippen molar-refractivity contribution < 1.29 is 19.1 Å². The van der Waals surface area contributed by atoms with Gasteiger partial charge >= 0.3 is 0 Å². The molecule has 1 unspecified atom stereocenters. The number of rotatable bonds is 9. The Balaban J connectivity index is 2.00. The van der Waals surface area contributed by atoms with Crippen LogP contribution in [0.5, 0.6) is 11.5 Å². The largest absolute Gasteiger partial charge is 0.495 e. The normalized spacial score (nSPS) is 16.6. The van der Waals surface area contributed by atoms with Gasteiger partial charge in [-0.25, -0.2) is 0 Å². The molecule has 1 N–H and O–H groups in total. The van der Waals surface area contributed by atoms with E-state index in [4.69, 9.17) is 9.47 Å².